The SMILES string of the molecule is CCCNc1cncc(Nc2cccc(Br)c2C)n1. The molecule has 0 fully saturated rings. The van der Waals surface area contributed by atoms with E-state index >= 15 is 0 Å². The van der Waals surface area contributed by atoms with Crippen LogP contribution in [-0.4, -0.2) is 16.5 Å². The number of aromatic nitrogens is 2. The van der Waals surface area contributed by atoms with Gasteiger partial charge in [0.25, 0.3) is 0 Å². The van der Waals surface area contributed by atoms with Crippen LogP contribution in [-0.2, 0) is 0 Å². The highest BCUT2D eigenvalue weighted by molar-refractivity contribution is 9.10. The molecule has 2 rings (SSSR count). The van der Waals surface area contributed by atoms with Crippen LogP contribution < -0.4 is 10.6 Å². The molecule has 0 amide bonds. The molecular formula is C14H17BrN4. The quantitative estimate of drug-likeness (QED) is 0.870. The molecule has 0 aliphatic heterocycles. The molecule has 0 radical (unpaired) electrons. The topological polar surface area (TPSA) is 49.8 Å². The van der Waals surface area contributed by atoms with Crippen LogP contribution in [0.1, 0.15) is 18.9 Å². The number of halogens is 1. The van der Waals surface area contributed by atoms with Crippen LogP contribution in [0.15, 0.2) is 35.1 Å². The van der Waals surface area contributed by atoms with Gasteiger partial charge in [0, 0.05) is 16.7 Å². The molecule has 1 aromatic heterocycles. The van der Waals surface area contributed by atoms with E-state index in [1.54, 1.807) is 12.4 Å². The zero-order valence-corrected chi connectivity index (χ0v) is 12.7. The molecule has 2 N–H and O–H groups in total. The zero-order valence-electron chi connectivity index (χ0n) is 11.1. The number of benzene rings is 1. The molecule has 1 heterocycles. The summed E-state index contributed by atoms with van der Waals surface area (Å²) in [5.74, 6) is 1.53. The Balaban J connectivity index is 2.16. The van der Waals surface area contributed by atoms with E-state index in [4.69, 9.17) is 0 Å². The van der Waals surface area contributed by atoms with E-state index in [1.807, 2.05) is 18.2 Å². The number of hydrogen-bond donors (Lipinski definition) is 2. The van der Waals surface area contributed by atoms with Crippen LogP contribution in [0.3, 0.4) is 0 Å². The van der Waals surface area contributed by atoms with Crippen molar-refractivity contribution in [3.05, 3.63) is 40.6 Å². The van der Waals surface area contributed by atoms with Gasteiger partial charge in [0.1, 0.15) is 5.82 Å². The standard InChI is InChI=1S/C14H17BrN4/c1-3-7-17-13-8-16-9-14(19-13)18-12-6-4-5-11(15)10(12)2/h4-6,8-9H,3,7H2,1-2H3,(H2,17,18,19). The van der Waals surface area contributed by atoms with Gasteiger partial charge in [-0.3, -0.25) is 4.98 Å². The second-order valence-electron chi connectivity index (χ2n) is 4.25. The second kappa shape index (κ2) is 6.52. The maximum atomic E-state index is 4.48. The van der Waals surface area contributed by atoms with Gasteiger partial charge in [0.05, 0.1) is 12.4 Å². The van der Waals surface area contributed by atoms with E-state index in [0.717, 1.165) is 40.3 Å². The smallest absolute Gasteiger partial charge is 0.151 e. The Kier molecular flexibility index (Phi) is 4.74. The normalized spacial score (nSPS) is 10.3. The van der Waals surface area contributed by atoms with Crippen molar-refractivity contribution in [2.24, 2.45) is 0 Å². The van der Waals surface area contributed by atoms with E-state index in [1.165, 1.54) is 0 Å². The fraction of sp³-hybridized carbons (Fsp3) is 0.286. The number of anilines is 3. The lowest BCUT2D eigenvalue weighted by molar-refractivity contribution is 0.965. The molecule has 19 heavy (non-hydrogen) atoms. The third-order valence-electron chi connectivity index (χ3n) is 2.72. The van der Waals surface area contributed by atoms with Crippen molar-refractivity contribution in [1.82, 2.24) is 9.97 Å². The zero-order chi connectivity index (χ0) is 13.7. The van der Waals surface area contributed by atoms with E-state index in [2.05, 4.69) is 50.4 Å². The van der Waals surface area contributed by atoms with E-state index < -0.39 is 0 Å². The number of nitrogens with one attached hydrogen (secondary N) is 2. The van der Waals surface area contributed by atoms with Gasteiger partial charge in [0.2, 0.25) is 0 Å². The van der Waals surface area contributed by atoms with Crippen LogP contribution >= 0.6 is 15.9 Å². The molecule has 0 aliphatic carbocycles. The molecule has 0 saturated carbocycles. The summed E-state index contributed by atoms with van der Waals surface area (Å²) in [6, 6.07) is 6.03. The number of hydrogen-bond acceptors (Lipinski definition) is 4. The highest BCUT2D eigenvalue weighted by Crippen LogP contribution is 2.25. The summed E-state index contributed by atoms with van der Waals surface area (Å²) in [4.78, 5) is 8.66. The van der Waals surface area contributed by atoms with Crippen molar-refractivity contribution < 1.29 is 0 Å². The van der Waals surface area contributed by atoms with Crippen molar-refractivity contribution in [2.75, 3.05) is 17.2 Å². The monoisotopic (exact) mass is 320 g/mol. The summed E-state index contributed by atoms with van der Waals surface area (Å²) in [6.45, 7) is 5.07. The van der Waals surface area contributed by atoms with E-state index in [0.29, 0.717) is 0 Å². The van der Waals surface area contributed by atoms with Crippen molar-refractivity contribution in [1.29, 1.82) is 0 Å². The summed E-state index contributed by atoms with van der Waals surface area (Å²) in [5, 5.41) is 6.51. The third-order valence-corrected chi connectivity index (χ3v) is 3.58. The predicted molar refractivity (Wildman–Crippen MR) is 83.0 cm³/mol. The average Bonchev–Trinajstić information content (AvgIpc) is 2.42. The third kappa shape index (κ3) is 3.67. The van der Waals surface area contributed by atoms with Crippen LogP contribution in [0.5, 0.6) is 0 Å². The lowest BCUT2D eigenvalue weighted by Gasteiger charge is -2.11. The van der Waals surface area contributed by atoms with Gasteiger partial charge in [0.15, 0.2) is 5.82 Å². The van der Waals surface area contributed by atoms with Crippen LogP contribution in [0, 0.1) is 6.92 Å². The molecule has 0 unspecified atom stereocenters. The lowest BCUT2D eigenvalue weighted by atomic mass is 10.2. The van der Waals surface area contributed by atoms with Crippen LogP contribution in [0.2, 0.25) is 0 Å². The van der Waals surface area contributed by atoms with Gasteiger partial charge >= 0.3 is 0 Å². The first-order chi connectivity index (χ1) is 9.20. The van der Waals surface area contributed by atoms with Gasteiger partial charge in [-0.05, 0) is 31.0 Å². The molecule has 0 bridgehead atoms. The minimum absolute atomic E-state index is 0.738. The molecular weight excluding hydrogens is 304 g/mol. The molecule has 0 saturated heterocycles. The highest BCUT2D eigenvalue weighted by atomic mass is 79.9. The van der Waals surface area contributed by atoms with Gasteiger partial charge in [-0.2, -0.15) is 0 Å². The first-order valence-corrected chi connectivity index (χ1v) is 7.08. The lowest BCUT2D eigenvalue weighted by Crippen LogP contribution is -2.04. The Hall–Kier alpha value is -1.62. The summed E-state index contributed by atoms with van der Waals surface area (Å²) in [6.07, 6.45) is 4.51. The van der Waals surface area contributed by atoms with E-state index in [9.17, 15) is 0 Å². The molecule has 0 atom stereocenters. The Morgan fingerprint density at radius 3 is 2.79 bits per heavy atom. The van der Waals surface area contributed by atoms with Crippen molar-refractivity contribution in [3.63, 3.8) is 0 Å². The summed E-state index contributed by atoms with van der Waals surface area (Å²) in [5.41, 5.74) is 2.17. The molecule has 100 valence electrons. The maximum absolute atomic E-state index is 4.48. The number of nitrogens with zero attached hydrogens (tertiary/aromatic N) is 2. The van der Waals surface area contributed by atoms with E-state index in [-0.39, 0.29) is 0 Å². The fourth-order valence-electron chi connectivity index (χ4n) is 1.65. The minimum Gasteiger partial charge on any atom is -0.369 e. The van der Waals surface area contributed by atoms with Crippen LogP contribution in [0.25, 0.3) is 0 Å². The summed E-state index contributed by atoms with van der Waals surface area (Å²) in [7, 11) is 0. The second-order valence-corrected chi connectivity index (χ2v) is 5.11. The highest BCUT2D eigenvalue weighted by Gasteiger charge is 2.03. The largest absolute Gasteiger partial charge is 0.369 e. The molecule has 0 aliphatic rings. The minimum atomic E-state index is 0.738. The fourth-order valence-corrected chi connectivity index (χ4v) is 2.01. The van der Waals surface area contributed by atoms with Gasteiger partial charge < -0.3 is 10.6 Å². The molecule has 4 nitrogen and oxygen atoms in total. The molecule has 5 heteroatoms. The predicted octanol–water partition coefficient (Wildman–Crippen LogP) is 4.11. The summed E-state index contributed by atoms with van der Waals surface area (Å²) >= 11 is 3.52. The Morgan fingerprint density at radius 2 is 2.00 bits per heavy atom. The first kappa shape index (κ1) is 13.8. The maximum Gasteiger partial charge on any atom is 0.151 e. The molecule has 0 spiro atoms. The number of rotatable bonds is 5. The van der Waals surface area contributed by atoms with Crippen molar-refractivity contribution >= 4 is 33.3 Å². The Morgan fingerprint density at radius 1 is 1.21 bits per heavy atom. The Bertz CT molecular complexity index is 557. The molecule has 2 aromatic rings. The van der Waals surface area contributed by atoms with Crippen molar-refractivity contribution in [2.45, 2.75) is 20.3 Å². The Labute approximate surface area is 121 Å². The average molecular weight is 321 g/mol. The van der Waals surface area contributed by atoms with Crippen LogP contribution in [0.4, 0.5) is 17.3 Å². The first-order valence-electron chi connectivity index (χ1n) is 6.28. The van der Waals surface area contributed by atoms with Gasteiger partial charge in [-0.15, -0.1) is 0 Å². The van der Waals surface area contributed by atoms with Gasteiger partial charge in [-0.1, -0.05) is 28.9 Å². The summed E-state index contributed by atoms with van der Waals surface area (Å²) < 4.78 is 1.07. The van der Waals surface area contributed by atoms with Gasteiger partial charge in [-0.25, -0.2) is 4.98 Å². The molecule has 1 aromatic carbocycles. The van der Waals surface area contributed by atoms with Crippen molar-refractivity contribution in [3.8, 4) is 0 Å².